The van der Waals surface area contributed by atoms with Gasteiger partial charge in [0.05, 0.1) is 16.7 Å². The Hall–Kier alpha value is -3.15. The monoisotopic (exact) mass is 414 g/mol. The summed E-state index contributed by atoms with van der Waals surface area (Å²) in [6.45, 7) is 5.86. The van der Waals surface area contributed by atoms with E-state index in [0.29, 0.717) is 19.3 Å². The lowest BCUT2D eigenvalue weighted by Gasteiger charge is -2.17. The molecule has 0 bridgehead atoms. The fraction of sp³-hybridized carbons (Fsp3) is 0.375. The Bertz CT molecular complexity index is 874. The predicted molar refractivity (Wildman–Crippen MR) is 119 cm³/mol. The minimum Gasteiger partial charge on any atom is -0.478 e. The zero-order chi connectivity index (χ0) is 22.7. The molecule has 0 amide bonds. The van der Waals surface area contributed by atoms with Crippen LogP contribution in [0.3, 0.4) is 0 Å². The molecule has 0 radical (unpaired) electrons. The molecule has 1 rings (SSSR count). The van der Waals surface area contributed by atoms with Crippen molar-refractivity contribution in [2.75, 3.05) is 0 Å². The zero-order valence-corrected chi connectivity index (χ0v) is 17.8. The van der Waals surface area contributed by atoms with Gasteiger partial charge < -0.3 is 15.3 Å². The molecule has 0 atom stereocenters. The van der Waals surface area contributed by atoms with Crippen molar-refractivity contribution in [3.05, 3.63) is 51.6 Å². The topological polar surface area (TPSA) is 112 Å². The second-order valence-electron chi connectivity index (χ2n) is 6.85. The highest BCUT2D eigenvalue weighted by Gasteiger charge is 2.30. The molecule has 0 aliphatic rings. The lowest BCUT2D eigenvalue weighted by Crippen LogP contribution is -2.18. The fourth-order valence-electron chi connectivity index (χ4n) is 3.10. The molecule has 0 aliphatic carbocycles. The number of carboxylic acid groups (broad SMARTS) is 3. The molecule has 0 spiro atoms. The van der Waals surface area contributed by atoms with Crippen LogP contribution in [-0.4, -0.2) is 33.2 Å². The van der Waals surface area contributed by atoms with Crippen LogP contribution < -0.4 is 0 Å². The van der Waals surface area contributed by atoms with Gasteiger partial charge in [-0.2, -0.15) is 0 Å². The minimum atomic E-state index is -1.47. The molecule has 3 N–H and O–H groups in total. The predicted octanol–water partition coefficient (Wildman–Crippen LogP) is 6.22. The number of carbonyl (C=O) groups is 3. The summed E-state index contributed by atoms with van der Waals surface area (Å²) in [5.74, 6) is -4.18. The van der Waals surface area contributed by atoms with Crippen molar-refractivity contribution in [3.63, 3.8) is 0 Å². The first-order valence-corrected chi connectivity index (χ1v) is 10.2. The molecule has 0 aliphatic heterocycles. The van der Waals surface area contributed by atoms with E-state index in [0.717, 1.165) is 19.3 Å². The van der Waals surface area contributed by atoms with E-state index >= 15 is 0 Å². The van der Waals surface area contributed by atoms with Gasteiger partial charge in [-0.05, 0) is 30.4 Å². The highest BCUT2D eigenvalue weighted by molar-refractivity contribution is 6.12. The van der Waals surface area contributed by atoms with Crippen LogP contribution in [0.4, 0.5) is 0 Å². The molecule has 0 fully saturated rings. The SMILES string of the molecule is CCCC=Cc1c(C=CCCC)c(C(=O)O)c(C(=O)O)c(C=CCCC)c1C(=O)O. The summed E-state index contributed by atoms with van der Waals surface area (Å²) in [5, 5.41) is 29.7. The number of hydrogen-bond donors (Lipinski definition) is 3. The van der Waals surface area contributed by atoms with Crippen LogP contribution in [0.15, 0.2) is 18.2 Å². The van der Waals surface area contributed by atoms with Gasteiger partial charge in [0.25, 0.3) is 0 Å². The summed E-state index contributed by atoms with van der Waals surface area (Å²) in [6.07, 6.45) is 14.1. The minimum absolute atomic E-state index is 0.0929. The van der Waals surface area contributed by atoms with E-state index in [9.17, 15) is 29.7 Å². The first-order chi connectivity index (χ1) is 14.3. The van der Waals surface area contributed by atoms with Gasteiger partial charge >= 0.3 is 17.9 Å². The Morgan fingerprint density at radius 3 is 1.20 bits per heavy atom. The Labute approximate surface area is 177 Å². The van der Waals surface area contributed by atoms with Gasteiger partial charge in [0.2, 0.25) is 0 Å². The van der Waals surface area contributed by atoms with Gasteiger partial charge in [0.15, 0.2) is 0 Å². The molecule has 0 aromatic heterocycles. The number of unbranched alkanes of at least 4 members (excludes halogenated alkanes) is 3. The quantitative estimate of drug-likeness (QED) is 0.374. The largest absolute Gasteiger partial charge is 0.478 e. The molecule has 1 aromatic rings. The van der Waals surface area contributed by atoms with Crippen molar-refractivity contribution in [2.45, 2.75) is 59.3 Å². The van der Waals surface area contributed by atoms with Crippen molar-refractivity contribution in [1.29, 1.82) is 0 Å². The second kappa shape index (κ2) is 12.4. The molecule has 0 unspecified atom stereocenters. The van der Waals surface area contributed by atoms with Crippen molar-refractivity contribution in [1.82, 2.24) is 0 Å². The lowest BCUT2D eigenvalue weighted by molar-refractivity contribution is 0.0648. The number of rotatable bonds is 12. The van der Waals surface area contributed by atoms with Crippen LogP contribution in [-0.2, 0) is 0 Å². The number of aromatic carboxylic acids is 3. The number of hydrogen-bond acceptors (Lipinski definition) is 3. The summed E-state index contributed by atoms with van der Waals surface area (Å²) in [7, 11) is 0. The highest BCUT2D eigenvalue weighted by atomic mass is 16.4. The molecular weight excluding hydrogens is 384 g/mol. The fourth-order valence-corrected chi connectivity index (χ4v) is 3.10. The summed E-state index contributed by atoms with van der Waals surface area (Å²) >= 11 is 0. The van der Waals surface area contributed by atoms with Crippen LogP contribution in [0.1, 0.15) is 107 Å². The Kier molecular flexibility index (Phi) is 10.3. The second-order valence-corrected chi connectivity index (χ2v) is 6.85. The van der Waals surface area contributed by atoms with Crippen LogP contribution in [0.25, 0.3) is 18.2 Å². The molecular formula is C24H30O6. The van der Waals surface area contributed by atoms with E-state index in [2.05, 4.69) is 0 Å². The van der Waals surface area contributed by atoms with Crippen LogP contribution >= 0.6 is 0 Å². The van der Waals surface area contributed by atoms with E-state index < -0.39 is 29.0 Å². The zero-order valence-electron chi connectivity index (χ0n) is 17.8. The molecule has 0 saturated carbocycles. The van der Waals surface area contributed by atoms with E-state index in [1.807, 2.05) is 20.8 Å². The van der Waals surface area contributed by atoms with Crippen molar-refractivity contribution >= 4 is 36.1 Å². The van der Waals surface area contributed by atoms with E-state index in [1.165, 1.54) is 12.2 Å². The summed E-state index contributed by atoms with van der Waals surface area (Å²) in [5.41, 5.74) is -0.881. The first-order valence-electron chi connectivity index (χ1n) is 10.2. The summed E-state index contributed by atoms with van der Waals surface area (Å²) in [6, 6.07) is 0. The summed E-state index contributed by atoms with van der Waals surface area (Å²) in [4.78, 5) is 36.4. The maximum atomic E-state index is 12.2. The third-order valence-corrected chi connectivity index (χ3v) is 4.48. The Morgan fingerprint density at radius 1 is 0.567 bits per heavy atom. The molecule has 0 heterocycles. The van der Waals surface area contributed by atoms with Gasteiger partial charge in [-0.3, -0.25) is 0 Å². The van der Waals surface area contributed by atoms with E-state index in [1.54, 1.807) is 24.3 Å². The first kappa shape index (κ1) is 24.9. The smallest absolute Gasteiger partial charge is 0.337 e. The van der Waals surface area contributed by atoms with Gasteiger partial charge in [-0.1, -0.05) is 76.5 Å². The Morgan fingerprint density at radius 2 is 0.867 bits per heavy atom. The Balaban J connectivity index is 4.17. The normalized spacial score (nSPS) is 11.7. The molecule has 162 valence electrons. The number of allylic oxidation sites excluding steroid dienone is 3. The number of carboxylic acids is 3. The van der Waals surface area contributed by atoms with Crippen molar-refractivity contribution in [2.24, 2.45) is 0 Å². The third kappa shape index (κ3) is 6.17. The van der Waals surface area contributed by atoms with Crippen LogP contribution in [0.5, 0.6) is 0 Å². The number of benzene rings is 1. The van der Waals surface area contributed by atoms with Gasteiger partial charge in [0.1, 0.15) is 0 Å². The van der Waals surface area contributed by atoms with Gasteiger partial charge in [-0.15, -0.1) is 0 Å². The van der Waals surface area contributed by atoms with Gasteiger partial charge in [0, 0.05) is 5.56 Å². The van der Waals surface area contributed by atoms with E-state index in [-0.39, 0.29) is 22.3 Å². The van der Waals surface area contributed by atoms with Crippen LogP contribution in [0, 0.1) is 0 Å². The average molecular weight is 414 g/mol. The molecule has 0 saturated heterocycles. The highest BCUT2D eigenvalue weighted by Crippen LogP contribution is 2.33. The van der Waals surface area contributed by atoms with Gasteiger partial charge in [-0.25, -0.2) is 14.4 Å². The molecule has 1 aromatic carbocycles. The summed E-state index contributed by atoms with van der Waals surface area (Å²) < 4.78 is 0. The molecule has 30 heavy (non-hydrogen) atoms. The average Bonchev–Trinajstić information content (AvgIpc) is 2.68. The third-order valence-electron chi connectivity index (χ3n) is 4.48. The molecule has 6 heteroatoms. The molecule has 6 nitrogen and oxygen atoms in total. The lowest BCUT2D eigenvalue weighted by atomic mass is 9.85. The maximum absolute atomic E-state index is 12.2. The maximum Gasteiger partial charge on any atom is 0.337 e. The standard InChI is InChI=1S/C24H30O6/c1-4-7-10-13-16-17(14-11-8-5-2)20(23(27)28)21(24(29)30)18(15-12-9-6-3)19(16)22(25)26/h10-15H,4-9H2,1-3H3,(H,25,26)(H,27,28)(H,29,30). The van der Waals surface area contributed by atoms with Crippen molar-refractivity contribution in [3.8, 4) is 0 Å². The van der Waals surface area contributed by atoms with Crippen LogP contribution in [0.2, 0.25) is 0 Å². The van der Waals surface area contributed by atoms with E-state index in [4.69, 9.17) is 0 Å². The van der Waals surface area contributed by atoms with Crippen molar-refractivity contribution < 1.29 is 29.7 Å².